The number of hydrogen-bond acceptors (Lipinski definition) is 3. The van der Waals surface area contributed by atoms with Crippen molar-refractivity contribution in [2.45, 2.75) is 24.8 Å². The van der Waals surface area contributed by atoms with E-state index in [2.05, 4.69) is 10.3 Å². The molecule has 1 aliphatic rings. The molecule has 4 rings (SSSR count). The molecule has 1 N–H and O–H groups in total. The van der Waals surface area contributed by atoms with Crippen LogP contribution in [0, 0.1) is 11.6 Å². The smallest absolute Gasteiger partial charge is 0.181 e. The van der Waals surface area contributed by atoms with Gasteiger partial charge in [-0.15, -0.1) is 0 Å². The number of anilines is 1. The van der Waals surface area contributed by atoms with Crippen molar-refractivity contribution in [3.05, 3.63) is 72.3 Å². The zero-order valence-corrected chi connectivity index (χ0v) is 12.9. The van der Waals surface area contributed by atoms with E-state index in [1.54, 1.807) is 6.20 Å². The van der Waals surface area contributed by atoms with Crippen LogP contribution in [-0.2, 0) is 0 Å². The van der Waals surface area contributed by atoms with Gasteiger partial charge in [0.1, 0.15) is 11.6 Å². The lowest BCUT2D eigenvalue weighted by atomic mass is 9.75. The largest absolute Gasteiger partial charge is 0.444 e. The fourth-order valence-electron chi connectivity index (χ4n) is 3.14. The molecule has 1 aliphatic carbocycles. The minimum absolute atomic E-state index is 0.209. The third-order valence-corrected chi connectivity index (χ3v) is 4.47. The monoisotopic (exact) mass is 326 g/mol. The van der Waals surface area contributed by atoms with E-state index in [9.17, 15) is 8.78 Å². The molecule has 5 heteroatoms. The van der Waals surface area contributed by atoms with Crippen molar-refractivity contribution in [1.82, 2.24) is 4.98 Å². The Bertz CT molecular complexity index is 805. The molecule has 0 atom stereocenters. The molecule has 0 unspecified atom stereocenters. The van der Waals surface area contributed by atoms with Gasteiger partial charge in [0.2, 0.25) is 0 Å². The first-order valence-electron chi connectivity index (χ1n) is 7.89. The summed E-state index contributed by atoms with van der Waals surface area (Å²) in [5, 5.41) is 3.45. The summed E-state index contributed by atoms with van der Waals surface area (Å²) >= 11 is 0. The zero-order chi connectivity index (χ0) is 16.5. The third kappa shape index (κ3) is 3.02. The molecule has 0 radical (unpaired) electrons. The maximum Gasteiger partial charge on any atom is 0.181 e. The molecule has 0 bridgehead atoms. The highest BCUT2D eigenvalue weighted by Gasteiger charge is 2.30. The molecule has 0 spiro atoms. The van der Waals surface area contributed by atoms with Gasteiger partial charge in [-0.1, -0.05) is 0 Å². The van der Waals surface area contributed by atoms with Gasteiger partial charge in [0.25, 0.3) is 0 Å². The second kappa shape index (κ2) is 6.07. The Kier molecular flexibility index (Phi) is 3.76. The van der Waals surface area contributed by atoms with Crippen LogP contribution in [-0.4, -0.2) is 11.0 Å². The van der Waals surface area contributed by atoms with Crippen LogP contribution in [0.1, 0.15) is 24.3 Å². The fourth-order valence-corrected chi connectivity index (χ4v) is 3.14. The van der Waals surface area contributed by atoms with Gasteiger partial charge in [0, 0.05) is 23.4 Å². The number of nitrogens with zero attached hydrogens (tertiary/aromatic N) is 1. The van der Waals surface area contributed by atoms with Crippen molar-refractivity contribution in [3.63, 3.8) is 0 Å². The molecule has 1 heterocycles. The molecule has 1 fully saturated rings. The number of rotatable bonds is 4. The first-order valence-corrected chi connectivity index (χ1v) is 7.89. The average Bonchev–Trinajstić information content (AvgIpc) is 3.04. The van der Waals surface area contributed by atoms with E-state index in [1.807, 2.05) is 24.3 Å². The Labute approximate surface area is 138 Å². The van der Waals surface area contributed by atoms with Crippen LogP contribution in [0.15, 0.2) is 59.5 Å². The molecule has 0 aliphatic heterocycles. The molecule has 3 aromatic rings. The molecular formula is C19H16F2N2O. The predicted octanol–water partition coefficient (Wildman–Crippen LogP) is 4.98. The van der Waals surface area contributed by atoms with Crippen LogP contribution >= 0.6 is 0 Å². The van der Waals surface area contributed by atoms with Gasteiger partial charge in [-0.05, 0) is 60.7 Å². The Balaban J connectivity index is 1.36. The highest BCUT2D eigenvalue weighted by molar-refractivity contribution is 5.60. The quantitative estimate of drug-likeness (QED) is 0.735. The normalized spacial score (nSPS) is 19.8. The first kappa shape index (κ1) is 14.9. The van der Waals surface area contributed by atoms with E-state index < -0.39 is 11.6 Å². The average molecular weight is 326 g/mol. The topological polar surface area (TPSA) is 38.1 Å². The highest BCUT2D eigenvalue weighted by Crippen LogP contribution is 2.39. The van der Waals surface area contributed by atoms with Gasteiger partial charge in [0.05, 0.1) is 6.20 Å². The summed E-state index contributed by atoms with van der Waals surface area (Å²) in [4.78, 5) is 3.91. The number of aromatic nitrogens is 1. The van der Waals surface area contributed by atoms with Crippen molar-refractivity contribution in [3.8, 4) is 11.3 Å². The number of benzene rings is 2. The molecule has 122 valence electrons. The van der Waals surface area contributed by atoms with E-state index >= 15 is 0 Å². The Morgan fingerprint density at radius 2 is 1.71 bits per heavy atom. The Morgan fingerprint density at radius 3 is 2.33 bits per heavy atom. The third-order valence-electron chi connectivity index (χ3n) is 4.47. The summed E-state index contributed by atoms with van der Waals surface area (Å²) in [6.45, 7) is 0. The molecule has 0 saturated heterocycles. The second-order valence-electron chi connectivity index (χ2n) is 6.16. The molecule has 2 aromatic carbocycles. The van der Waals surface area contributed by atoms with Crippen LogP contribution in [0.5, 0.6) is 0 Å². The van der Waals surface area contributed by atoms with Gasteiger partial charge in [-0.25, -0.2) is 13.8 Å². The lowest BCUT2D eigenvalue weighted by molar-refractivity contribution is 0.371. The van der Waals surface area contributed by atoms with E-state index in [0.717, 1.165) is 41.5 Å². The fraction of sp³-hybridized carbons (Fsp3) is 0.211. The van der Waals surface area contributed by atoms with Gasteiger partial charge in [0.15, 0.2) is 12.2 Å². The minimum atomic E-state index is -0.510. The lowest BCUT2D eigenvalue weighted by Crippen LogP contribution is -2.34. The van der Waals surface area contributed by atoms with Crippen LogP contribution in [0.25, 0.3) is 11.3 Å². The lowest BCUT2D eigenvalue weighted by Gasteiger charge is -2.37. The Hall–Kier alpha value is -2.69. The Morgan fingerprint density at radius 1 is 1.00 bits per heavy atom. The summed E-state index contributed by atoms with van der Waals surface area (Å²) in [6.07, 6.45) is 4.82. The zero-order valence-electron chi connectivity index (χ0n) is 12.9. The first-order chi connectivity index (χ1) is 11.7. The highest BCUT2D eigenvalue weighted by atomic mass is 19.1. The van der Waals surface area contributed by atoms with E-state index in [0.29, 0.717) is 6.04 Å². The van der Waals surface area contributed by atoms with Crippen molar-refractivity contribution in [2.75, 3.05) is 5.32 Å². The number of oxazole rings is 1. The van der Waals surface area contributed by atoms with Crippen LogP contribution in [0.4, 0.5) is 14.5 Å². The summed E-state index contributed by atoms with van der Waals surface area (Å²) in [5.41, 5.74) is 2.73. The van der Waals surface area contributed by atoms with Crippen LogP contribution < -0.4 is 5.32 Å². The van der Waals surface area contributed by atoms with Crippen molar-refractivity contribution < 1.29 is 13.2 Å². The molecule has 0 amide bonds. The molecule has 1 aromatic heterocycles. The van der Waals surface area contributed by atoms with Crippen LogP contribution in [0.3, 0.4) is 0 Å². The molecule has 3 nitrogen and oxygen atoms in total. The van der Waals surface area contributed by atoms with E-state index in [-0.39, 0.29) is 5.92 Å². The number of halogens is 2. The van der Waals surface area contributed by atoms with Gasteiger partial charge in [-0.2, -0.15) is 0 Å². The van der Waals surface area contributed by atoms with Crippen molar-refractivity contribution in [2.24, 2.45) is 0 Å². The summed E-state index contributed by atoms with van der Waals surface area (Å²) in [7, 11) is 0. The van der Waals surface area contributed by atoms with Gasteiger partial charge in [-0.3, -0.25) is 0 Å². The van der Waals surface area contributed by atoms with E-state index in [1.165, 1.54) is 18.5 Å². The molecule has 24 heavy (non-hydrogen) atoms. The molecule has 1 saturated carbocycles. The van der Waals surface area contributed by atoms with Crippen molar-refractivity contribution in [1.29, 1.82) is 0 Å². The van der Waals surface area contributed by atoms with Gasteiger partial charge < -0.3 is 9.73 Å². The second-order valence-corrected chi connectivity index (χ2v) is 6.16. The maximum atomic E-state index is 13.3. The van der Waals surface area contributed by atoms with Crippen LogP contribution in [0.2, 0.25) is 0 Å². The van der Waals surface area contributed by atoms with Crippen molar-refractivity contribution >= 4 is 5.69 Å². The summed E-state index contributed by atoms with van der Waals surface area (Å²) < 4.78 is 31.8. The maximum absolute atomic E-state index is 13.3. The SMILES string of the molecule is Fc1cc(F)cc(C2CC(Nc3ccc(-c4cnco4)cc3)C2)c1. The summed E-state index contributed by atoms with van der Waals surface area (Å²) in [6, 6.07) is 12.0. The standard InChI is InChI=1S/C19H16F2N2O/c20-15-5-13(6-16(21)9-15)14-7-18(8-14)23-17-3-1-12(2-4-17)19-10-22-11-24-19/h1-6,9-11,14,18,23H,7-8H2. The van der Waals surface area contributed by atoms with Gasteiger partial charge >= 0.3 is 0 Å². The predicted molar refractivity (Wildman–Crippen MR) is 87.7 cm³/mol. The number of hydrogen-bond donors (Lipinski definition) is 1. The summed E-state index contributed by atoms with van der Waals surface area (Å²) in [5.74, 6) is -0.0756. The van der Waals surface area contributed by atoms with E-state index in [4.69, 9.17) is 4.42 Å². The molecular weight excluding hydrogens is 310 g/mol. The minimum Gasteiger partial charge on any atom is -0.444 e. The number of nitrogens with one attached hydrogen (secondary N) is 1.